The number of unbranched alkanes of at least 4 members (excludes halogenated alkanes) is 26. The van der Waals surface area contributed by atoms with Gasteiger partial charge in [0, 0.05) is 24.8 Å². The number of rotatable bonds is 48. The summed E-state index contributed by atoms with van der Waals surface area (Å²) >= 11 is 0. The molecule has 0 aromatic heterocycles. The van der Waals surface area contributed by atoms with Crippen LogP contribution >= 0.6 is 0 Å². The van der Waals surface area contributed by atoms with Crippen molar-refractivity contribution in [2.75, 3.05) is 27.4 Å². The zero-order chi connectivity index (χ0) is 49.6. The van der Waals surface area contributed by atoms with E-state index in [1.807, 2.05) is 12.1 Å². The lowest BCUT2D eigenvalue weighted by Gasteiger charge is -2.19. The number of esters is 3. The van der Waals surface area contributed by atoms with E-state index in [9.17, 15) is 19.5 Å². The molecular formula is C59H102O9. The predicted octanol–water partition coefficient (Wildman–Crippen LogP) is 16.2. The number of ether oxygens (including phenoxy) is 5. The first-order valence-electron chi connectivity index (χ1n) is 27.9. The van der Waals surface area contributed by atoms with E-state index in [2.05, 4.69) is 45.1 Å². The number of aliphatic hydroxyl groups is 1. The molecule has 0 saturated heterocycles. The SMILES string of the molecule is CCCCCCCCC=CCCCCCCCC(=O)OCC(COC(=O)CCCCCCC/C=C\CCCCCCCC)OC(=O)CC(C)CCCCCCCc1c(OC)cc(CO)cc1OC. The largest absolute Gasteiger partial charge is 0.496 e. The van der Waals surface area contributed by atoms with Crippen molar-refractivity contribution in [3.8, 4) is 11.5 Å². The number of carbonyl (C=O) groups is 3. The molecule has 0 radical (unpaired) electrons. The van der Waals surface area contributed by atoms with Crippen LogP contribution in [0.1, 0.15) is 257 Å². The molecular weight excluding hydrogens is 853 g/mol. The Morgan fingerprint density at radius 3 is 1.31 bits per heavy atom. The molecule has 9 heteroatoms. The summed E-state index contributed by atoms with van der Waals surface area (Å²) in [6.45, 7) is 6.28. The Morgan fingerprint density at radius 1 is 0.515 bits per heavy atom. The van der Waals surface area contributed by atoms with Crippen molar-refractivity contribution in [1.82, 2.24) is 0 Å². The van der Waals surface area contributed by atoms with E-state index >= 15 is 0 Å². The summed E-state index contributed by atoms with van der Waals surface area (Å²) < 4.78 is 28.1. The van der Waals surface area contributed by atoms with Crippen molar-refractivity contribution in [2.24, 2.45) is 5.92 Å². The summed E-state index contributed by atoms with van der Waals surface area (Å²) in [5, 5.41) is 9.57. The van der Waals surface area contributed by atoms with Gasteiger partial charge in [-0.05, 0) is 101 Å². The molecule has 1 aromatic rings. The van der Waals surface area contributed by atoms with Crippen molar-refractivity contribution >= 4 is 17.9 Å². The molecule has 1 N–H and O–H groups in total. The van der Waals surface area contributed by atoms with Crippen LogP contribution in [0, 0.1) is 5.92 Å². The molecule has 392 valence electrons. The Bertz CT molecular complexity index is 1340. The van der Waals surface area contributed by atoms with Crippen LogP contribution in [0.4, 0.5) is 0 Å². The maximum Gasteiger partial charge on any atom is 0.306 e. The molecule has 0 heterocycles. The predicted molar refractivity (Wildman–Crippen MR) is 281 cm³/mol. The molecule has 0 amide bonds. The molecule has 0 fully saturated rings. The van der Waals surface area contributed by atoms with Crippen LogP contribution in [0.25, 0.3) is 0 Å². The highest BCUT2D eigenvalue weighted by Gasteiger charge is 2.21. The van der Waals surface area contributed by atoms with E-state index in [-0.39, 0.29) is 50.1 Å². The van der Waals surface area contributed by atoms with Gasteiger partial charge in [0.25, 0.3) is 0 Å². The fourth-order valence-corrected chi connectivity index (χ4v) is 8.63. The number of hydrogen-bond acceptors (Lipinski definition) is 9. The maximum atomic E-state index is 13.1. The number of carbonyl (C=O) groups excluding carboxylic acids is 3. The summed E-state index contributed by atoms with van der Waals surface area (Å²) in [7, 11) is 3.28. The number of aliphatic hydroxyl groups excluding tert-OH is 1. The smallest absolute Gasteiger partial charge is 0.306 e. The summed E-state index contributed by atoms with van der Waals surface area (Å²) in [4.78, 5) is 38.5. The fraction of sp³-hybridized carbons (Fsp3) is 0.780. The highest BCUT2D eigenvalue weighted by atomic mass is 16.6. The highest BCUT2D eigenvalue weighted by molar-refractivity contribution is 5.71. The molecule has 9 nitrogen and oxygen atoms in total. The zero-order valence-corrected chi connectivity index (χ0v) is 44.4. The standard InChI is InChI=1S/C59H102O9/c1-6-8-10-12-14-16-18-20-22-24-26-28-30-35-39-43-57(61)66-49-53(50-67-58(62)44-40-36-31-29-27-25-23-21-19-17-15-13-11-9-7-2)68-59(63)45-51(3)41-37-33-32-34-38-42-54-55(64-4)46-52(48-60)47-56(54)65-5/h20-23,46-47,51,53,60H,6-19,24-45,48-50H2,1-5H3/b22-20-,23-21?. The molecule has 0 saturated carbocycles. The first-order valence-corrected chi connectivity index (χ1v) is 27.9. The molecule has 1 aromatic carbocycles. The van der Waals surface area contributed by atoms with Crippen LogP contribution in [0.5, 0.6) is 11.5 Å². The van der Waals surface area contributed by atoms with Gasteiger partial charge in [-0.15, -0.1) is 0 Å². The van der Waals surface area contributed by atoms with E-state index in [1.165, 1.54) is 103 Å². The van der Waals surface area contributed by atoms with Gasteiger partial charge in [-0.3, -0.25) is 14.4 Å². The summed E-state index contributed by atoms with van der Waals surface area (Å²) in [5.74, 6) is 0.641. The van der Waals surface area contributed by atoms with Crippen LogP contribution in [0.15, 0.2) is 36.4 Å². The molecule has 0 spiro atoms. The first kappa shape index (κ1) is 62.7. The van der Waals surface area contributed by atoms with E-state index in [0.717, 1.165) is 132 Å². The van der Waals surface area contributed by atoms with Crippen molar-refractivity contribution in [3.63, 3.8) is 0 Å². The van der Waals surface area contributed by atoms with Gasteiger partial charge in [-0.1, -0.05) is 180 Å². The minimum Gasteiger partial charge on any atom is -0.496 e. The van der Waals surface area contributed by atoms with Gasteiger partial charge in [0.2, 0.25) is 0 Å². The first-order chi connectivity index (χ1) is 33.3. The Balaban J connectivity index is 2.44. The zero-order valence-electron chi connectivity index (χ0n) is 44.4. The van der Waals surface area contributed by atoms with Crippen LogP contribution in [-0.2, 0) is 41.6 Å². The number of benzene rings is 1. The molecule has 0 bridgehead atoms. The second-order valence-electron chi connectivity index (χ2n) is 19.4. The number of methoxy groups -OCH3 is 2. The van der Waals surface area contributed by atoms with Gasteiger partial charge in [0.05, 0.1) is 20.8 Å². The Labute approximate surface area is 416 Å². The third-order valence-electron chi connectivity index (χ3n) is 12.9. The van der Waals surface area contributed by atoms with Crippen molar-refractivity contribution in [1.29, 1.82) is 0 Å². The van der Waals surface area contributed by atoms with Crippen LogP contribution in [0.3, 0.4) is 0 Å². The van der Waals surface area contributed by atoms with Gasteiger partial charge in [0.15, 0.2) is 6.10 Å². The second kappa shape index (κ2) is 46.1. The summed E-state index contributed by atoms with van der Waals surface area (Å²) in [6.07, 6.45) is 47.4. The maximum absolute atomic E-state index is 13.1. The van der Waals surface area contributed by atoms with Gasteiger partial charge in [0.1, 0.15) is 24.7 Å². The van der Waals surface area contributed by atoms with Crippen molar-refractivity contribution in [3.05, 3.63) is 47.6 Å². The normalized spacial score (nSPS) is 12.4. The summed E-state index contributed by atoms with van der Waals surface area (Å²) in [5.41, 5.74) is 1.79. The molecule has 2 unspecified atom stereocenters. The minimum atomic E-state index is -0.831. The molecule has 1 rings (SSSR count). The molecule has 68 heavy (non-hydrogen) atoms. The average molecular weight is 955 g/mol. The Hall–Kier alpha value is -3.33. The minimum absolute atomic E-state index is 0.0641. The van der Waals surface area contributed by atoms with E-state index < -0.39 is 6.10 Å². The topological polar surface area (TPSA) is 118 Å². The van der Waals surface area contributed by atoms with E-state index in [4.69, 9.17) is 23.7 Å². The second-order valence-corrected chi connectivity index (χ2v) is 19.4. The number of hydrogen-bond donors (Lipinski definition) is 1. The van der Waals surface area contributed by atoms with Crippen molar-refractivity contribution < 1.29 is 43.2 Å². The van der Waals surface area contributed by atoms with Crippen molar-refractivity contribution in [2.45, 2.75) is 265 Å². The van der Waals surface area contributed by atoms with Gasteiger partial charge >= 0.3 is 17.9 Å². The number of allylic oxidation sites excluding steroid dienone is 4. The van der Waals surface area contributed by atoms with Gasteiger partial charge in [-0.2, -0.15) is 0 Å². The lowest BCUT2D eigenvalue weighted by Crippen LogP contribution is -2.31. The van der Waals surface area contributed by atoms with E-state index in [1.54, 1.807) is 14.2 Å². The fourth-order valence-electron chi connectivity index (χ4n) is 8.63. The lowest BCUT2D eigenvalue weighted by molar-refractivity contribution is -0.167. The van der Waals surface area contributed by atoms with Crippen LogP contribution in [0.2, 0.25) is 0 Å². The third-order valence-corrected chi connectivity index (χ3v) is 12.9. The molecule has 0 aliphatic heterocycles. The monoisotopic (exact) mass is 955 g/mol. The average Bonchev–Trinajstić information content (AvgIpc) is 3.34. The van der Waals surface area contributed by atoms with E-state index in [0.29, 0.717) is 12.8 Å². The highest BCUT2D eigenvalue weighted by Crippen LogP contribution is 2.32. The molecule has 0 aliphatic rings. The van der Waals surface area contributed by atoms with Gasteiger partial charge in [-0.25, -0.2) is 0 Å². The lowest BCUT2D eigenvalue weighted by atomic mass is 9.98. The Morgan fingerprint density at radius 2 is 0.897 bits per heavy atom. The van der Waals surface area contributed by atoms with Crippen LogP contribution < -0.4 is 9.47 Å². The quantitative estimate of drug-likeness (QED) is 0.0295. The van der Waals surface area contributed by atoms with Gasteiger partial charge < -0.3 is 28.8 Å². The third kappa shape index (κ3) is 36.6. The molecule has 2 atom stereocenters. The Kier molecular flexibility index (Phi) is 42.5. The summed E-state index contributed by atoms with van der Waals surface area (Å²) in [6, 6.07) is 3.74. The molecule has 0 aliphatic carbocycles. The van der Waals surface area contributed by atoms with Crippen LogP contribution in [-0.4, -0.2) is 56.6 Å².